The summed E-state index contributed by atoms with van der Waals surface area (Å²) in [6, 6.07) is 28.4. The van der Waals surface area contributed by atoms with Crippen LogP contribution in [0.1, 0.15) is 97.5 Å². The van der Waals surface area contributed by atoms with Gasteiger partial charge in [-0.2, -0.15) is 0 Å². The van der Waals surface area contributed by atoms with Crippen molar-refractivity contribution in [2.24, 2.45) is 0 Å². The second-order valence-corrected chi connectivity index (χ2v) is 15.6. The summed E-state index contributed by atoms with van der Waals surface area (Å²) in [5.41, 5.74) is 1.59. The maximum Gasteiger partial charge on any atom is 0.150 e. The normalized spacial score (nSPS) is 17.1. The average Bonchev–Trinajstić information content (AvgIpc) is 3.18. The number of aldehydes is 1. The molecule has 2 atom stereocenters. The van der Waals surface area contributed by atoms with Crippen LogP contribution in [0.2, 0.25) is 0 Å². The fourth-order valence-corrected chi connectivity index (χ4v) is 7.72. The Bertz CT molecular complexity index is 1680. The summed E-state index contributed by atoms with van der Waals surface area (Å²) >= 11 is 0. The molecule has 4 aromatic carbocycles. The molecular weight excluding hydrogens is 696 g/mol. The van der Waals surface area contributed by atoms with Crippen LogP contribution in [-0.4, -0.2) is 91.0 Å². The molecule has 55 heavy (non-hydrogen) atoms. The van der Waals surface area contributed by atoms with Crippen LogP contribution in [0, 0.1) is 5.82 Å². The molecule has 0 radical (unpaired) electrons. The van der Waals surface area contributed by atoms with Crippen molar-refractivity contribution in [1.82, 2.24) is 9.80 Å². The number of nitrogens with zero attached hydrogens (tertiary/aromatic N) is 2. The van der Waals surface area contributed by atoms with E-state index in [4.69, 9.17) is 9.47 Å². The zero-order valence-electron chi connectivity index (χ0n) is 33.3. The molecular formula is C46H61FN2O6. The number of aromatic hydroxyl groups is 1. The second-order valence-electron chi connectivity index (χ2n) is 15.6. The van der Waals surface area contributed by atoms with Crippen molar-refractivity contribution in [2.45, 2.75) is 87.2 Å². The lowest BCUT2D eigenvalue weighted by Crippen LogP contribution is -2.42. The van der Waals surface area contributed by atoms with Crippen LogP contribution in [0.4, 0.5) is 4.39 Å². The topological polar surface area (TPSA) is 103 Å². The minimum atomic E-state index is -0.610. The van der Waals surface area contributed by atoms with Gasteiger partial charge in [0.25, 0.3) is 0 Å². The predicted octanol–water partition coefficient (Wildman–Crippen LogP) is 9.20. The minimum Gasteiger partial charge on any atom is -0.508 e. The molecule has 0 heterocycles. The van der Waals surface area contributed by atoms with E-state index in [9.17, 15) is 24.5 Å². The lowest BCUT2D eigenvalue weighted by molar-refractivity contribution is -0.0280. The van der Waals surface area contributed by atoms with Gasteiger partial charge in [-0.05, 0) is 138 Å². The summed E-state index contributed by atoms with van der Waals surface area (Å²) in [7, 11) is 9.87. The van der Waals surface area contributed by atoms with E-state index >= 15 is 0 Å². The van der Waals surface area contributed by atoms with Gasteiger partial charge in [0, 0.05) is 30.5 Å². The van der Waals surface area contributed by atoms with Crippen molar-refractivity contribution in [3.63, 3.8) is 0 Å². The molecule has 2 fully saturated rings. The van der Waals surface area contributed by atoms with E-state index in [1.54, 1.807) is 19.2 Å². The van der Waals surface area contributed by atoms with Gasteiger partial charge < -0.3 is 34.6 Å². The van der Waals surface area contributed by atoms with E-state index in [-0.39, 0.29) is 23.4 Å². The number of phenolic OH excluding ortho intramolecular Hbond substituents is 1. The molecule has 4 aromatic rings. The van der Waals surface area contributed by atoms with Crippen molar-refractivity contribution in [1.29, 1.82) is 0 Å². The molecule has 0 saturated heterocycles. The number of halogens is 1. The highest BCUT2D eigenvalue weighted by atomic mass is 19.1. The molecule has 0 aliphatic heterocycles. The van der Waals surface area contributed by atoms with Crippen LogP contribution < -0.4 is 9.47 Å². The molecule has 2 aliphatic carbocycles. The van der Waals surface area contributed by atoms with Gasteiger partial charge in [-0.1, -0.05) is 62.8 Å². The summed E-state index contributed by atoms with van der Waals surface area (Å²) in [5, 5.41) is 31.8. The molecule has 0 bridgehead atoms. The molecule has 3 N–H and O–H groups in total. The van der Waals surface area contributed by atoms with Crippen molar-refractivity contribution in [3.8, 4) is 23.0 Å². The summed E-state index contributed by atoms with van der Waals surface area (Å²) in [6.07, 6.45) is 11.1. The van der Waals surface area contributed by atoms with Crippen molar-refractivity contribution in [2.75, 3.05) is 48.4 Å². The number of aliphatic hydroxyl groups is 2. The average molecular weight is 757 g/mol. The van der Waals surface area contributed by atoms with Gasteiger partial charge in [0.2, 0.25) is 0 Å². The first-order chi connectivity index (χ1) is 26.3. The Morgan fingerprint density at radius 2 is 1.00 bits per heavy atom. The Labute approximate surface area is 327 Å². The molecule has 9 heteroatoms. The molecule has 0 spiro atoms. The highest BCUT2D eigenvalue weighted by Gasteiger charge is 2.40. The molecule has 0 aromatic heterocycles. The Hall–Kier alpha value is -4.28. The zero-order valence-corrected chi connectivity index (χ0v) is 33.3. The lowest BCUT2D eigenvalue weighted by Gasteiger charge is -2.40. The third-order valence-electron chi connectivity index (χ3n) is 10.7. The van der Waals surface area contributed by atoms with E-state index < -0.39 is 11.2 Å². The zero-order chi connectivity index (χ0) is 39.8. The van der Waals surface area contributed by atoms with Crippen LogP contribution in [0.5, 0.6) is 23.0 Å². The third kappa shape index (κ3) is 13.5. The highest BCUT2D eigenvalue weighted by Crippen LogP contribution is 2.42. The van der Waals surface area contributed by atoms with Gasteiger partial charge in [-0.15, -0.1) is 0 Å². The van der Waals surface area contributed by atoms with Crippen LogP contribution in [0.15, 0.2) is 97.1 Å². The highest BCUT2D eigenvalue weighted by molar-refractivity contribution is 5.74. The monoisotopic (exact) mass is 756 g/mol. The Morgan fingerprint density at radius 1 is 0.618 bits per heavy atom. The first kappa shape index (κ1) is 43.4. The van der Waals surface area contributed by atoms with E-state index in [0.717, 1.165) is 87.3 Å². The molecule has 6 rings (SSSR count). The van der Waals surface area contributed by atoms with Gasteiger partial charge >= 0.3 is 0 Å². The predicted molar refractivity (Wildman–Crippen MR) is 218 cm³/mol. The Balaban J connectivity index is 0.000000207. The summed E-state index contributed by atoms with van der Waals surface area (Å²) < 4.78 is 23.2. The number of hydrogen-bond acceptors (Lipinski definition) is 8. The number of ether oxygens (including phenoxy) is 2. The lowest BCUT2D eigenvalue weighted by atomic mass is 9.72. The number of benzene rings is 4. The van der Waals surface area contributed by atoms with E-state index in [1.807, 2.05) is 62.6 Å². The fourth-order valence-electron chi connectivity index (χ4n) is 7.72. The number of carbonyl (C=O) groups excluding carboxylic acids is 1. The van der Waals surface area contributed by atoms with Crippen molar-refractivity contribution >= 4 is 6.29 Å². The van der Waals surface area contributed by atoms with Crippen LogP contribution >= 0.6 is 0 Å². The Kier molecular flexibility index (Phi) is 16.7. The molecule has 2 unspecified atom stereocenters. The van der Waals surface area contributed by atoms with E-state index in [0.29, 0.717) is 11.8 Å². The molecule has 0 amide bonds. The van der Waals surface area contributed by atoms with Gasteiger partial charge in [0.15, 0.2) is 0 Å². The molecule has 2 saturated carbocycles. The van der Waals surface area contributed by atoms with Gasteiger partial charge in [0.05, 0.1) is 18.3 Å². The summed E-state index contributed by atoms with van der Waals surface area (Å²) in [5.74, 6) is 2.57. The van der Waals surface area contributed by atoms with Crippen LogP contribution in [-0.2, 0) is 0 Å². The number of hydrogen-bond donors (Lipinski definition) is 3. The minimum absolute atomic E-state index is 0.114. The summed E-state index contributed by atoms with van der Waals surface area (Å²) in [6.45, 7) is 1.68. The molecule has 298 valence electrons. The Morgan fingerprint density at radius 3 is 1.38 bits per heavy atom. The first-order valence-electron chi connectivity index (χ1n) is 19.5. The standard InChI is InChI=1S/C23H31NO3.C16H25NO2.C7H5FO/c1-24(2)17-22(23(25)15-5-4-6-16-23)18-7-9-20(10-8-18)27-21-13-11-19(26-3)12-14-21;1-17(2)12-15(13-6-8-14(18)9-7-13)16(19)10-4-3-5-11-16;8-7-3-1-6(5-9)2-4-7/h7-14,22,25H,4-6,15-17H2,1-3H3;6-9,15,18-19H,3-5,10-12H2,1-2H3;1-5H. The fraction of sp³-hybridized carbons (Fsp3) is 0.457. The molecule has 2 aliphatic rings. The van der Waals surface area contributed by atoms with E-state index in [2.05, 4.69) is 36.0 Å². The first-order valence-corrected chi connectivity index (χ1v) is 19.5. The smallest absolute Gasteiger partial charge is 0.150 e. The quantitative estimate of drug-likeness (QED) is 0.123. The number of phenols is 1. The van der Waals surface area contributed by atoms with Gasteiger partial charge in [0.1, 0.15) is 35.1 Å². The number of methoxy groups -OCH3 is 1. The summed E-state index contributed by atoms with van der Waals surface area (Å²) in [4.78, 5) is 14.3. The maximum atomic E-state index is 12.1. The SMILES string of the molecule is CN(C)CC(c1ccc(O)cc1)C1(O)CCCCC1.COc1ccc(Oc2ccc(C(CN(C)C)C3(O)CCCCC3)cc2)cc1.O=Cc1ccc(F)cc1. The second kappa shape index (κ2) is 21.1. The largest absolute Gasteiger partial charge is 0.508 e. The van der Waals surface area contributed by atoms with E-state index in [1.165, 1.54) is 42.7 Å². The van der Waals surface area contributed by atoms with Crippen LogP contribution in [0.3, 0.4) is 0 Å². The van der Waals surface area contributed by atoms with Crippen molar-refractivity contribution in [3.05, 3.63) is 120 Å². The maximum absolute atomic E-state index is 12.1. The number of carbonyl (C=O) groups is 1. The number of rotatable bonds is 12. The van der Waals surface area contributed by atoms with Crippen molar-refractivity contribution < 1.29 is 34.0 Å². The number of likely N-dealkylation sites (N-methyl/N-ethyl adjacent to an activating group) is 2. The van der Waals surface area contributed by atoms with Crippen LogP contribution in [0.25, 0.3) is 0 Å². The van der Waals surface area contributed by atoms with Gasteiger partial charge in [-0.3, -0.25) is 4.79 Å². The third-order valence-corrected chi connectivity index (χ3v) is 10.7. The molecule has 8 nitrogen and oxygen atoms in total. The van der Waals surface area contributed by atoms with Gasteiger partial charge in [-0.25, -0.2) is 4.39 Å².